The second kappa shape index (κ2) is 9.23. The fraction of sp³-hybridized carbons (Fsp3) is 0.409. The molecular weight excluding hydrogens is 467 g/mol. The molecule has 33 heavy (non-hydrogen) atoms. The molecule has 11 heteroatoms. The normalized spacial score (nSPS) is 18.2. The minimum atomic E-state index is -0.126. The Morgan fingerprint density at radius 2 is 2.27 bits per heavy atom. The number of hydrogen-bond donors (Lipinski definition) is 2. The minimum Gasteiger partial charge on any atom is -0.478 e. The van der Waals surface area contributed by atoms with Crippen molar-refractivity contribution in [3.8, 4) is 22.9 Å². The minimum absolute atomic E-state index is 0.0200. The number of halogens is 2. The lowest BCUT2D eigenvalue weighted by Crippen LogP contribution is -2.46. The first kappa shape index (κ1) is 22.0. The molecule has 2 N–H and O–H groups in total. The molecule has 1 amide bonds. The molecule has 0 saturated carbocycles. The van der Waals surface area contributed by atoms with Gasteiger partial charge >= 0.3 is 0 Å². The summed E-state index contributed by atoms with van der Waals surface area (Å²) in [5.41, 5.74) is 3.36. The SMILES string of the molecule is N#CCOc1cc(Cl)c(Cl)c2c1c(-c1cn[nH]c1)c1n2CCN(C(=O)C[C@H]2COCCN2)C1. The molecule has 0 spiro atoms. The van der Waals surface area contributed by atoms with Gasteiger partial charge in [-0.15, -0.1) is 0 Å². The van der Waals surface area contributed by atoms with Crippen molar-refractivity contribution < 1.29 is 14.3 Å². The molecule has 0 bridgehead atoms. The molecule has 0 aliphatic carbocycles. The van der Waals surface area contributed by atoms with Gasteiger partial charge in [0.1, 0.15) is 11.8 Å². The lowest BCUT2D eigenvalue weighted by molar-refractivity contribution is -0.133. The predicted octanol–water partition coefficient (Wildman–Crippen LogP) is 2.96. The van der Waals surface area contributed by atoms with E-state index in [2.05, 4.69) is 20.1 Å². The van der Waals surface area contributed by atoms with Gasteiger partial charge in [0.2, 0.25) is 5.91 Å². The van der Waals surface area contributed by atoms with Gasteiger partial charge in [-0.25, -0.2) is 0 Å². The van der Waals surface area contributed by atoms with Crippen LogP contribution in [0.25, 0.3) is 22.0 Å². The van der Waals surface area contributed by atoms with E-state index in [-0.39, 0.29) is 18.6 Å². The van der Waals surface area contributed by atoms with Crippen molar-refractivity contribution >= 4 is 40.0 Å². The largest absolute Gasteiger partial charge is 0.478 e. The van der Waals surface area contributed by atoms with E-state index in [0.29, 0.717) is 55.1 Å². The number of fused-ring (bicyclic) bond motifs is 3. The van der Waals surface area contributed by atoms with Crippen LogP contribution >= 0.6 is 23.2 Å². The lowest BCUT2D eigenvalue weighted by atomic mass is 10.0. The zero-order valence-electron chi connectivity index (χ0n) is 17.7. The molecule has 2 aliphatic heterocycles. The standard InChI is InChI=1S/C22H22Cl2N6O3/c23-15-8-17(33-5-1-25)20-19(13-9-27-28-10-13)16-11-29(3-4-30(16)22(20)21(15)24)18(31)7-14-12-32-6-2-26-14/h8-10,14,26H,2-7,11-12H2,(H,27,28)/t14-/m0/s1. The van der Waals surface area contributed by atoms with Crippen LogP contribution in [0.4, 0.5) is 0 Å². The first-order valence-corrected chi connectivity index (χ1v) is 11.4. The van der Waals surface area contributed by atoms with Gasteiger partial charge in [0, 0.05) is 61.2 Å². The Morgan fingerprint density at radius 1 is 1.39 bits per heavy atom. The number of benzene rings is 1. The van der Waals surface area contributed by atoms with E-state index in [1.54, 1.807) is 18.5 Å². The number of rotatable bonds is 5. The Labute approximate surface area is 200 Å². The summed E-state index contributed by atoms with van der Waals surface area (Å²) >= 11 is 13.1. The number of carbonyl (C=O) groups excluding carboxylic acids is 1. The third-order valence-electron chi connectivity index (χ3n) is 6.08. The van der Waals surface area contributed by atoms with Gasteiger partial charge in [0.05, 0.1) is 46.9 Å². The Kier molecular flexibility index (Phi) is 6.17. The van der Waals surface area contributed by atoms with Crippen molar-refractivity contribution in [3.63, 3.8) is 0 Å². The monoisotopic (exact) mass is 488 g/mol. The molecule has 1 aromatic carbocycles. The second-order valence-corrected chi connectivity index (χ2v) is 8.83. The van der Waals surface area contributed by atoms with Gasteiger partial charge in [0.15, 0.2) is 6.61 Å². The number of amides is 1. The lowest BCUT2D eigenvalue weighted by Gasteiger charge is -2.32. The molecule has 2 aliphatic rings. The summed E-state index contributed by atoms with van der Waals surface area (Å²) in [5.74, 6) is 0.540. The Hall–Kier alpha value is -2.77. The summed E-state index contributed by atoms with van der Waals surface area (Å²) in [7, 11) is 0. The summed E-state index contributed by atoms with van der Waals surface area (Å²) < 4.78 is 13.3. The second-order valence-electron chi connectivity index (χ2n) is 8.05. The number of aromatic amines is 1. The van der Waals surface area contributed by atoms with Crippen LogP contribution in [0, 0.1) is 11.3 Å². The summed E-state index contributed by atoms with van der Waals surface area (Å²) in [6.45, 7) is 3.34. The van der Waals surface area contributed by atoms with Crippen LogP contribution in [-0.2, 0) is 22.6 Å². The number of H-pyrrole nitrogens is 1. The smallest absolute Gasteiger partial charge is 0.224 e. The summed E-state index contributed by atoms with van der Waals surface area (Å²) in [6, 6.07) is 3.65. The quantitative estimate of drug-likeness (QED) is 0.571. The number of ether oxygens (including phenoxy) is 2. The first-order chi connectivity index (χ1) is 16.1. The van der Waals surface area contributed by atoms with Gasteiger partial charge in [-0.2, -0.15) is 10.4 Å². The number of nitrogens with one attached hydrogen (secondary N) is 2. The highest BCUT2D eigenvalue weighted by molar-refractivity contribution is 6.45. The van der Waals surface area contributed by atoms with E-state index in [1.165, 1.54) is 0 Å². The van der Waals surface area contributed by atoms with E-state index in [4.69, 9.17) is 37.9 Å². The number of nitriles is 1. The van der Waals surface area contributed by atoms with Crippen molar-refractivity contribution in [1.29, 1.82) is 5.26 Å². The zero-order chi connectivity index (χ0) is 22.9. The highest BCUT2D eigenvalue weighted by Gasteiger charge is 2.31. The average Bonchev–Trinajstić information content (AvgIpc) is 3.47. The van der Waals surface area contributed by atoms with E-state index >= 15 is 0 Å². The first-order valence-electron chi connectivity index (χ1n) is 10.7. The van der Waals surface area contributed by atoms with Crippen molar-refractivity contribution in [1.82, 2.24) is 25.0 Å². The van der Waals surface area contributed by atoms with E-state index in [9.17, 15) is 4.79 Å². The molecule has 0 radical (unpaired) electrons. The highest BCUT2D eigenvalue weighted by atomic mass is 35.5. The third-order valence-corrected chi connectivity index (χ3v) is 6.86. The molecular formula is C22H22Cl2N6O3. The van der Waals surface area contributed by atoms with Crippen LogP contribution in [-0.4, -0.2) is 64.5 Å². The van der Waals surface area contributed by atoms with Crippen LogP contribution < -0.4 is 10.1 Å². The van der Waals surface area contributed by atoms with Crippen molar-refractivity contribution in [3.05, 3.63) is 34.2 Å². The summed E-state index contributed by atoms with van der Waals surface area (Å²) in [6.07, 6.45) is 3.89. The van der Waals surface area contributed by atoms with Gasteiger partial charge in [-0.1, -0.05) is 23.2 Å². The van der Waals surface area contributed by atoms with Gasteiger partial charge in [0.25, 0.3) is 0 Å². The molecule has 3 aromatic rings. The van der Waals surface area contributed by atoms with E-state index in [0.717, 1.165) is 34.3 Å². The van der Waals surface area contributed by atoms with E-state index in [1.807, 2.05) is 11.0 Å². The topological polar surface area (TPSA) is 108 Å². The van der Waals surface area contributed by atoms with Crippen molar-refractivity contribution in [2.45, 2.75) is 25.6 Å². The number of hydrogen-bond acceptors (Lipinski definition) is 6. The van der Waals surface area contributed by atoms with Crippen molar-refractivity contribution in [2.24, 2.45) is 0 Å². The van der Waals surface area contributed by atoms with Crippen LogP contribution in [0.5, 0.6) is 5.75 Å². The third kappa shape index (κ3) is 4.04. The molecule has 1 fully saturated rings. The van der Waals surface area contributed by atoms with Crippen molar-refractivity contribution in [2.75, 3.05) is 32.9 Å². The number of morpholine rings is 1. The summed E-state index contributed by atoms with van der Waals surface area (Å²) in [4.78, 5) is 15.0. The number of carbonyl (C=O) groups is 1. The van der Waals surface area contributed by atoms with Crippen LogP contribution in [0.3, 0.4) is 0 Å². The Bertz CT molecular complexity index is 1230. The molecule has 1 atom stereocenters. The molecule has 9 nitrogen and oxygen atoms in total. The maximum absolute atomic E-state index is 13.1. The van der Waals surface area contributed by atoms with Crippen LogP contribution in [0.15, 0.2) is 18.5 Å². The Morgan fingerprint density at radius 3 is 3.00 bits per heavy atom. The molecule has 1 saturated heterocycles. The maximum atomic E-state index is 13.1. The Balaban J connectivity index is 1.59. The van der Waals surface area contributed by atoms with E-state index < -0.39 is 0 Å². The predicted molar refractivity (Wildman–Crippen MR) is 123 cm³/mol. The summed E-state index contributed by atoms with van der Waals surface area (Å²) in [5, 5.41) is 20.9. The van der Waals surface area contributed by atoms with Gasteiger partial charge < -0.3 is 24.3 Å². The van der Waals surface area contributed by atoms with Crippen LogP contribution in [0.1, 0.15) is 12.1 Å². The average molecular weight is 489 g/mol. The molecule has 0 unspecified atom stereocenters. The molecule has 2 aromatic heterocycles. The number of aromatic nitrogens is 3. The highest BCUT2D eigenvalue weighted by Crippen LogP contribution is 2.47. The molecule has 5 rings (SSSR count). The van der Waals surface area contributed by atoms with Gasteiger partial charge in [-0.3, -0.25) is 9.89 Å². The fourth-order valence-electron chi connectivity index (χ4n) is 4.62. The fourth-order valence-corrected chi connectivity index (χ4v) is 5.06. The maximum Gasteiger partial charge on any atom is 0.224 e. The zero-order valence-corrected chi connectivity index (χ0v) is 19.2. The molecule has 172 valence electrons. The molecule has 4 heterocycles. The number of nitrogens with zero attached hydrogens (tertiary/aromatic N) is 4. The van der Waals surface area contributed by atoms with Gasteiger partial charge in [-0.05, 0) is 0 Å². The van der Waals surface area contributed by atoms with Crippen LogP contribution in [0.2, 0.25) is 10.0 Å².